The van der Waals surface area contributed by atoms with E-state index in [0.29, 0.717) is 6.54 Å². The Morgan fingerprint density at radius 1 is 1.41 bits per heavy atom. The predicted octanol–water partition coefficient (Wildman–Crippen LogP) is 0.995. The largest absolute Gasteiger partial charge is 0.383 e. The zero-order chi connectivity index (χ0) is 12.0. The lowest BCUT2D eigenvalue weighted by Gasteiger charge is -2.16. The van der Waals surface area contributed by atoms with Crippen LogP contribution in [0.3, 0.4) is 0 Å². The van der Waals surface area contributed by atoms with Gasteiger partial charge in [0, 0.05) is 19.0 Å². The second-order valence-electron chi connectivity index (χ2n) is 3.66. The lowest BCUT2D eigenvalue weighted by atomic mass is 10.0. The molecule has 1 rings (SSSR count). The molecule has 4 nitrogen and oxygen atoms in total. The number of amides is 1. The van der Waals surface area contributed by atoms with E-state index in [1.54, 1.807) is 0 Å². The van der Waals surface area contributed by atoms with Gasteiger partial charge in [0.1, 0.15) is 6.10 Å². The molecule has 0 saturated carbocycles. The van der Waals surface area contributed by atoms with Gasteiger partial charge in [0.05, 0.1) is 0 Å². The molecule has 17 heavy (non-hydrogen) atoms. The average molecular weight is 259 g/mol. The van der Waals surface area contributed by atoms with Crippen LogP contribution in [0.5, 0.6) is 0 Å². The molecule has 96 valence electrons. The molecule has 0 aliphatic rings. The first-order chi connectivity index (χ1) is 7.65. The minimum Gasteiger partial charge on any atom is -0.383 e. The van der Waals surface area contributed by atoms with Gasteiger partial charge >= 0.3 is 0 Å². The van der Waals surface area contributed by atoms with E-state index in [1.165, 1.54) is 0 Å². The van der Waals surface area contributed by atoms with Gasteiger partial charge in [-0.3, -0.25) is 4.79 Å². The maximum atomic E-state index is 11.3. The van der Waals surface area contributed by atoms with E-state index in [0.717, 1.165) is 5.56 Å². The standard InChI is InChI=1S/C12H18N2O2.ClH/c1-2-14-12(16)11(15)8-10(13)9-6-4-3-5-7-9;/h3-7,10-11,15H,2,8,13H2,1H3,(H,14,16);1H. The van der Waals surface area contributed by atoms with E-state index >= 15 is 0 Å². The molecule has 1 aromatic carbocycles. The molecule has 0 fully saturated rings. The third kappa shape index (κ3) is 5.17. The summed E-state index contributed by atoms with van der Waals surface area (Å²) in [6.07, 6.45) is -0.814. The highest BCUT2D eigenvalue weighted by molar-refractivity contribution is 5.85. The van der Waals surface area contributed by atoms with Crippen molar-refractivity contribution in [3.63, 3.8) is 0 Å². The molecular weight excluding hydrogens is 240 g/mol. The van der Waals surface area contributed by atoms with Crippen LogP contribution >= 0.6 is 12.4 Å². The van der Waals surface area contributed by atoms with Crippen LogP contribution in [0.2, 0.25) is 0 Å². The maximum absolute atomic E-state index is 11.3. The van der Waals surface area contributed by atoms with E-state index in [1.807, 2.05) is 37.3 Å². The van der Waals surface area contributed by atoms with Gasteiger partial charge in [-0.15, -0.1) is 12.4 Å². The van der Waals surface area contributed by atoms with E-state index in [-0.39, 0.29) is 30.8 Å². The number of carbonyl (C=O) groups excluding carboxylic acids is 1. The average Bonchev–Trinajstić information content (AvgIpc) is 2.30. The molecular formula is C12H19ClN2O2. The number of nitrogens with one attached hydrogen (secondary N) is 1. The van der Waals surface area contributed by atoms with Crippen molar-refractivity contribution in [2.24, 2.45) is 5.73 Å². The first-order valence-electron chi connectivity index (χ1n) is 5.41. The molecule has 1 aromatic rings. The number of aliphatic hydroxyl groups excluding tert-OH is 1. The first kappa shape index (κ1) is 15.9. The smallest absolute Gasteiger partial charge is 0.248 e. The molecule has 5 heteroatoms. The molecule has 0 spiro atoms. The Bertz CT molecular complexity index is 333. The lowest BCUT2D eigenvalue weighted by Crippen LogP contribution is -2.36. The van der Waals surface area contributed by atoms with Crippen molar-refractivity contribution in [2.45, 2.75) is 25.5 Å². The first-order valence-corrected chi connectivity index (χ1v) is 5.41. The van der Waals surface area contributed by atoms with Gasteiger partial charge in [-0.1, -0.05) is 30.3 Å². The van der Waals surface area contributed by atoms with Crippen molar-refractivity contribution < 1.29 is 9.90 Å². The van der Waals surface area contributed by atoms with Gasteiger partial charge < -0.3 is 16.2 Å². The summed E-state index contributed by atoms with van der Waals surface area (Å²) in [6, 6.07) is 9.11. The van der Waals surface area contributed by atoms with E-state index in [2.05, 4.69) is 5.32 Å². The van der Waals surface area contributed by atoms with Crippen molar-refractivity contribution in [3.8, 4) is 0 Å². The summed E-state index contributed by atoms with van der Waals surface area (Å²) in [6.45, 7) is 2.32. The monoisotopic (exact) mass is 258 g/mol. The molecule has 0 aliphatic carbocycles. The number of nitrogens with two attached hydrogens (primary N) is 1. The van der Waals surface area contributed by atoms with Gasteiger partial charge in [-0.25, -0.2) is 0 Å². The third-order valence-electron chi connectivity index (χ3n) is 2.36. The van der Waals surface area contributed by atoms with Crippen molar-refractivity contribution in [3.05, 3.63) is 35.9 Å². The van der Waals surface area contributed by atoms with Crippen molar-refractivity contribution in [2.75, 3.05) is 6.54 Å². The number of hydrogen-bond acceptors (Lipinski definition) is 3. The van der Waals surface area contributed by atoms with E-state index < -0.39 is 6.10 Å². The van der Waals surface area contributed by atoms with Crippen LogP contribution in [0.25, 0.3) is 0 Å². The number of carbonyl (C=O) groups is 1. The minimum atomic E-state index is -1.05. The van der Waals surface area contributed by atoms with Crippen molar-refractivity contribution in [1.82, 2.24) is 5.32 Å². The lowest BCUT2D eigenvalue weighted by molar-refractivity contribution is -0.129. The van der Waals surface area contributed by atoms with Gasteiger partial charge in [0.2, 0.25) is 5.91 Å². The number of hydrogen-bond donors (Lipinski definition) is 3. The molecule has 0 aliphatic heterocycles. The summed E-state index contributed by atoms with van der Waals surface area (Å²) in [5.41, 5.74) is 6.81. The molecule has 0 saturated heterocycles. The Balaban J connectivity index is 0.00000256. The minimum absolute atomic E-state index is 0. The molecule has 1 amide bonds. The fourth-order valence-corrected chi connectivity index (χ4v) is 1.48. The molecule has 2 atom stereocenters. The van der Waals surface area contributed by atoms with Crippen molar-refractivity contribution >= 4 is 18.3 Å². The summed E-state index contributed by atoms with van der Waals surface area (Å²) < 4.78 is 0. The van der Waals surface area contributed by atoms with Gasteiger partial charge in [0.15, 0.2) is 0 Å². The Labute approximate surface area is 108 Å². The molecule has 0 heterocycles. The Morgan fingerprint density at radius 2 is 2.00 bits per heavy atom. The second kappa shape index (κ2) is 8.06. The quantitative estimate of drug-likeness (QED) is 0.737. The van der Waals surface area contributed by atoms with Crippen LogP contribution in [0.1, 0.15) is 24.9 Å². The van der Waals surface area contributed by atoms with Crippen LogP contribution in [0, 0.1) is 0 Å². The number of likely N-dealkylation sites (N-methyl/N-ethyl adjacent to an activating group) is 1. The highest BCUT2D eigenvalue weighted by atomic mass is 35.5. The van der Waals surface area contributed by atoms with E-state index in [4.69, 9.17) is 5.73 Å². The van der Waals surface area contributed by atoms with Gasteiger partial charge in [-0.05, 0) is 12.5 Å². The topological polar surface area (TPSA) is 75.3 Å². The summed E-state index contributed by atoms with van der Waals surface area (Å²) >= 11 is 0. The SMILES string of the molecule is CCNC(=O)C(O)CC(N)c1ccccc1.Cl. The summed E-state index contributed by atoms with van der Waals surface area (Å²) in [7, 11) is 0. The zero-order valence-electron chi connectivity index (χ0n) is 9.80. The second-order valence-corrected chi connectivity index (χ2v) is 3.66. The molecule has 0 radical (unpaired) electrons. The molecule has 0 bridgehead atoms. The Hall–Kier alpha value is -1.10. The highest BCUT2D eigenvalue weighted by Crippen LogP contribution is 2.15. The fraction of sp³-hybridized carbons (Fsp3) is 0.417. The highest BCUT2D eigenvalue weighted by Gasteiger charge is 2.18. The molecule has 2 unspecified atom stereocenters. The number of aliphatic hydroxyl groups is 1. The normalized spacial score (nSPS) is 13.4. The Kier molecular flexibility index (Phi) is 7.54. The predicted molar refractivity (Wildman–Crippen MR) is 69.9 cm³/mol. The molecule has 4 N–H and O–H groups in total. The Morgan fingerprint density at radius 3 is 2.53 bits per heavy atom. The summed E-state index contributed by atoms with van der Waals surface area (Å²) in [4.78, 5) is 11.3. The maximum Gasteiger partial charge on any atom is 0.248 e. The van der Waals surface area contributed by atoms with Crippen molar-refractivity contribution in [1.29, 1.82) is 0 Å². The van der Waals surface area contributed by atoms with Gasteiger partial charge in [0.25, 0.3) is 0 Å². The summed E-state index contributed by atoms with van der Waals surface area (Å²) in [5.74, 6) is -0.367. The van der Waals surface area contributed by atoms with Crippen LogP contribution < -0.4 is 11.1 Å². The van der Waals surface area contributed by atoms with Crippen LogP contribution in [0.15, 0.2) is 30.3 Å². The summed E-state index contributed by atoms with van der Waals surface area (Å²) in [5, 5.41) is 12.1. The van der Waals surface area contributed by atoms with Crippen LogP contribution in [-0.2, 0) is 4.79 Å². The van der Waals surface area contributed by atoms with Gasteiger partial charge in [-0.2, -0.15) is 0 Å². The zero-order valence-corrected chi connectivity index (χ0v) is 10.6. The third-order valence-corrected chi connectivity index (χ3v) is 2.36. The number of halogens is 1. The number of benzene rings is 1. The number of rotatable bonds is 5. The van der Waals surface area contributed by atoms with Crippen LogP contribution in [0.4, 0.5) is 0 Å². The fourth-order valence-electron chi connectivity index (χ4n) is 1.48. The van der Waals surface area contributed by atoms with Crippen LogP contribution in [-0.4, -0.2) is 23.7 Å². The molecule has 0 aromatic heterocycles. The van der Waals surface area contributed by atoms with E-state index in [9.17, 15) is 9.90 Å².